The molecule has 76 valence electrons. The van der Waals surface area contributed by atoms with Crippen LogP contribution in [0.15, 0.2) is 29.4 Å². The molecule has 0 spiro atoms. The third-order valence-electron chi connectivity index (χ3n) is 2.27. The number of hydrogen-bond donors (Lipinski definition) is 1. The van der Waals surface area contributed by atoms with Gasteiger partial charge in [-0.05, 0) is 18.9 Å². The standard InChI is InChI=1S/C11H14ClNO/c1-3-10(11(12)13-14)9-6-4-8(2)5-7-9/h4-7,10,14H,3H2,1-2H3/b13-11-. The van der Waals surface area contributed by atoms with Gasteiger partial charge in [0.25, 0.3) is 0 Å². The second-order valence-corrected chi connectivity index (χ2v) is 3.68. The summed E-state index contributed by atoms with van der Waals surface area (Å²) in [6.07, 6.45) is 0.825. The Bertz CT molecular complexity index is 319. The monoisotopic (exact) mass is 211 g/mol. The normalized spacial score (nSPS) is 14.1. The van der Waals surface area contributed by atoms with Crippen molar-refractivity contribution in [1.29, 1.82) is 0 Å². The zero-order chi connectivity index (χ0) is 10.6. The number of halogens is 1. The summed E-state index contributed by atoms with van der Waals surface area (Å²) in [5.74, 6) is 0.00210. The lowest BCUT2D eigenvalue weighted by Crippen LogP contribution is -2.05. The maximum absolute atomic E-state index is 8.61. The highest BCUT2D eigenvalue weighted by Crippen LogP contribution is 2.23. The van der Waals surface area contributed by atoms with E-state index in [1.165, 1.54) is 5.56 Å². The van der Waals surface area contributed by atoms with Gasteiger partial charge >= 0.3 is 0 Å². The summed E-state index contributed by atoms with van der Waals surface area (Å²) in [7, 11) is 0. The Hall–Kier alpha value is -1.02. The van der Waals surface area contributed by atoms with E-state index in [-0.39, 0.29) is 11.1 Å². The fourth-order valence-corrected chi connectivity index (χ4v) is 1.69. The van der Waals surface area contributed by atoms with E-state index >= 15 is 0 Å². The molecule has 1 N–H and O–H groups in total. The van der Waals surface area contributed by atoms with Gasteiger partial charge in [0.05, 0.1) is 0 Å². The molecular weight excluding hydrogens is 198 g/mol. The molecule has 0 heterocycles. The van der Waals surface area contributed by atoms with Crippen LogP contribution in [-0.4, -0.2) is 10.4 Å². The third-order valence-corrected chi connectivity index (χ3v) is 2.61. The third kappa shape index (κ3) is 2.48. The Kier molecular flexibility index (Phi) is 3.96. The van der Waals surface area contributed by atoms with Crippen molar-refractivity contribution in [1.82, 2.24) is 0 Å². The van der Waals surface area contributed by atoms with Crippen molar-refractivity contribution in [3.63, 3.8) is 0 Å². The minimum Gasteiger partial charge on any atom is -0.410 e. The van der Waals surface area contributed by atoms with Gasteiger partial charge < -0.3 is 5.21 Å². The quantitative estimate of drug-likeness (QED) is 0.463. The lowest BCUT2D eigenvalue weighted by molar-refractivity contribution is 0.318. The molecule has 3 heteroatoms. The van der Waals surface area contributed by atoms with Gasteiger partial charge in [0.2, 0.25) is 0 Å². The van der Waals surface area contributed by atoms with E-state index in [2.05, 4.69) is 5.16 Å². The number of hydrogen-bond acceptors (Lipinski definition) is 2. The van der Waals surface area contributed by atoms with Crippen LogP contribution in [0.1, 0.15) is 30.4 Å². The van der Waals surface area contributed by atoms with Gasteiger partial charge in [0, 0.05) is 5.92 Å². The highest BCUT2D eigenvalue weighted by atomic mass is 35.5. The molecule has 0 bridgehead atoms. The summed E-state index contributed by atoms with van der Waals surface area (Å²) in [5.41, 5.74) is 2.29. The van der Waals surface area contributed by atoms with E-state index < -0.39 is 0 Å². The average molecular weight is 212 g/mol. The van der Waals surface area contributed by atoms with E-state index in [0.29, 0.717) is 0 Å². The molecule has 0 amide bonds. The molecule has 0 aliphatic carbocycles. The van der Waals surface area contributed by atoms with Gasteiger partial charge in [-0.15, -0.1) is 0 Å². The van der Waals surface area contributed by atoms with Crippen LogP contribution in [0.4, 0.5) is 0 Å². The van der Waals surface area contributed by atoms with Gasteiger partial charge in [-0.3, -0.25) is 0 Å². The zero-order valence-electron chi connectivity index (χ0n) is 8.37. The maximum Gasteiger partial charge on any atom is 0.152 e. The van der Waals surface area contributed by atoms with Crippen molar-refractivity contribution in [2.75, 3.05) is 0 Å². The van der Waals surface area contributed by atoms with Gasteiger partial charge in [-0.1, -0.05) is 53.5 Å². The lowest BCUT2D eigenvalue weighted by Gasteiger charge is -2.12. The summed E-state index contributed by atoms with van der Waals surface area (Å²) in [6, 6.07) is 8.08. The molecule has 1 aromatic rings. The minimum atomic E-state index is 0.00210. The van der Waals surface area contributed by atoms with Crippen LogP contribution in [0, 0.1) is 6.92 Å². The van der Waals surface area contributed by atoms with Crippen LogP contribution < -0.4 is 0 Å². The summed E-state index contributed by atoms with van der Waals surface area (Å²) in [5, 5.41) is 11.9. The lowest BCUT2D eigenvalue weighted by atomic mass is 9.97. The van der Waals surface area contributed by atoms with Gasteiger partial charge in [-0.25, -0.2) is 0 Å². The second-order valence-electron chi connectivity index (χ2n) is 3.29. The number of benzene rings is 1. The van der Waals surface area contributed by atoms with Crippen LogP contribution >= 0.6 is 11.6 Å². The molecular formula is C11H14ClNO. The molecule has 2 nitrogen and oxygen atoms in total. The van der Waals surface area contributed by atoms with Crippen LogP contribution in [0.5, 0.6) is 0 Å². The first kappa shape index (κ1) is 11.1. The average Bonchev–Trinajstić information content (AvgIpc) is 2.21. The van der Waals surface area contributed by atoms with Crippen LogP contribution in [-0.2, 0) is 0 Å². The van der Waals surface area contributed by atoms with Crippen molar-refractivity contribution in [3.05, 3.63) is 35.4 Å². The SMILES string of the molecule is CCC(/C(Cl)=N/O)c1ccc(C)cc1. The number of nitrogens with zero attached hydrogens (tertiary/aromatic N) is 1. The van der Waals surface area contributed by atoms with Crippen molar-refractivity contribution in [3.8, 4) is 0 Å². The molecule has 0 saturated heterocycles. The van der Waals surface area contributed by atoms with Crippen LogP contribution in [0.2, 0.25) is 0 Å². The summed E-state index contributed by atoms with van der Waals surface area (Å²) >= 11 is 5.81. The Morgan fingerprint density at radius 1 is 1.43 bits per heavy atom. The second kappa shape index (κ2) is 5.01. The fourth-order valence-electron chi connectivity index (χ4n) is 1.41. The fraction of sp³-hybridized carbons (Fsp3) is 0.364. The Morgan fingerprint density at radius 2 is 2.00 bits per heavy atom. The highest BCUT2D eigenvalue weighted by molar-refractivity contribution is 6.66. The first-order valence-corrected chi connectivity index (χ1v) is 5.00. The summed E-state index contributed by atoms with van der Waals surface area (Å²) in [6.45, 7) is 4.05. The zero-order valence-corrected chi connectivity index (χ0v) is 9.12. The topological polar surface area (TPSA) is 32.6 Å². The van der Waals surface area contributed by atoms with E-state index in [1.54, 1.807) is 0 Å². The molecule has 1 unspecified atom stereocenters. The number of aryl methyl sites for hydroxylation is 1. The predicted molar refractivity (Wildman–Crippen MR) is 59.3 cm³/mol. The number of oxime groups is 1. The van der Waals surface area contributed by atoms with Crippen LogP contribution in [0.3, 0.4) is 0 Å². The highest BCUT2D eigenvalue weighted by Gasteiger charge is 2.14. The van der Waals surface area contributed by atoms with Crippen molar-refractivity contribution < 1.29 is 5.21 Å². The first-order valence-electron chi connectivity index (χ1n) is 4.63. The van der Waals surface area contributed by atoms with Crippen LogP contribution in [0.25, 0.3) is 0 Å². The first-order chi connectivity index (χ1) is 6.69. The predicted octanol–water partition coefficient (Wildman–Crippen LogP) is 3.52. The molecule has 14 heavy (non-hydrogen) atoms. The number of rotatable bonds is 3. The van der Waals surface area contributed by atoms with E-state index in [1.807, 2.05) is 38.1 Å². The van der Waals surface area contributed by atoms with Crippen molar-refractivity contribution in [2.45, 2.75) is 26.2 Å². The molecule has 1 rings (SSSR count). The van der Waals surface area contributed by atoms with Gasteiger partial charge in [-0.2, -0.15) is 0 Å². The van der Waals surface area contributed by atoms with Crippen molar-refractivity contribution in [2.24, 2.45) is 5.16 Å². The molecule has 1 aromatic carbocycles. The molecule has 0 aromatic heterocycles. The van der Waals surface area contributed by atoms with E-state index in [9.17, 15) is 0 Å². The van der Waals surface area contributed by atoms with Gasteiger partial charge in [0.15, 0.2) is 5.17 Å². The molecule has 1 atom stereocenters. The smallest absolute Gasteiger partial charge is 0.152 e. The van der Waals surface area contributed by atoms with E-state index in [4.69, 9.17) is 16.8 Å². The molecule has 0 fully saturated rings. The van der Waals surface area contributed by atoms with Gasteiger partial charge in [0.1, 0.15) is 0 Å². The minimum absolute atomic E-state index is 0.00210. The molecule has 0 radical (unpaired) electrons. The van der Waals surface area contributed by atoms with Crippen molar-refractivity contribution >= 4 is 16.8 Å². The molecule has 0 aliphatic rings. The maximum atomic E-state index is 8.61. The Morgan fingerprint density at radius 3 is 2.43 bits per heavy atom. The molecule has 0 saturated carbocycles. The van der Waals surface area contributed by atoms with E-state index in [0.717, 1.165) is 12.0 Å². The summed E-state index contributed by atoms with van der Waals surface area (Å²) < 4.78 is 0. The Labute approximate surface area is 89.2 Å². The largest absolute Gasteiger partial charge is 0.410 e. The Balaban J connectivity index is 2.95. The summed E-state index contributed by atoms with van der Waals surface area (Å²) in [4.78, 5) is 0. The molecule has 0 aliphatic heterocycles.